The smallest absolute Gasteiger partial charge is 0.262 e. The van der Waals surface area contributed by atoms with Crippen molar-refractivity contribution in [3.05, 3.63) is 53.1 Å². The predicted octanol–water partition coefficient (Wildman–Crippen LogP) is 6.05. The molecule has 0 bridgehead atoms. The van der Waals surface area contributed by atoms with Gasteiger partial charge < -0.3 is 14.1 Å². The van der Waals surface area contributed by atoms with E-state index >= 15 is 0 Å². The van der Waals surface area contributed by atoms with Crippen LogP contribution in [0.1, 0.15) is 78.3 Å². The highest BCUT2D eigenvalue weighted by atomic mass is 32.2. The van der Waals surface area contributed by atoms with Crippen molar-refractivity contribution in [2.24, 2.45) is 5.41 Å². The van der Waals surface area contributed by atoms with E-state index in [2.05, 4.69) is 37.9 Å². The zero-order valence-electron chi connectivity index (χ0n) is 21.3. The maximum atomic E-state index is 13.1. The molecule has 2 aliphatic carbocycles. The van der Waals surface area contributed by atoms with Gasteiger partial charge in [-0.2, -0.15) is 0 Å². The topological polar surface area (TPSA) is 63.6 Å². The second-order valence-corrected chi connectivity index (χ2v) is 12.2. The summed E-state index contributed by atoms with van der Waals surface area (Å²) >= 11 is 1.40. The fourth-order valence-electron chi connectivity index (χ4n) is 6.87. The molecule has 7 heteroatoms. The Kier molecular flexibility index (Phi) is 5.63. The van der Waals surface area contributed by atoms with Crippen LogP contribution in [-0.2, 0) is 11.3 Å². The number of nitrogens with one attached hydrogen (secondary N) is 1. The lowest BCUT2D eigenvalue weighted by Crippen LogP contribution is -2.35. The summed E-state index contributed by atoms with van der Waals surface area (Å²) in [6, 6.07) is 12.6. The molecule has 2 aromatic carbocycles. The third-order valence-corrected chi connectivity index (χ3v) is 10.1. The van der Waals surface area contributed by atoms with Gasteiger partial charge in [-0.15, -0.1) is 0 Å². The van der Waals surface area contributed by atoms with Crippen LogP contribution in [0.4, 0.5) is 0 Å². The predicted molar refractivity (Wildman–Crippen MR) is 147 cm³/mol. The molecule has 4 aliphatic rings. The van der Waals surface area contributed by atoms with Gasteiger partial charge in [-0.05, 0) is 79.0 Å². The van der Waals surface area contributed by atoms with Gasteiger partial charge in [-0.1, -0.05) is 25.3 Å². The lowest BCUT2D eigenvalue weighted by Gasteiger charge is -2.28. The van der Waals surface area contributed by atoms with Crippen molar-refractivity contribution in [1.82, 2.24) is 13.6 Å². The Bertz CT molecular complexity index is 1400. The Labute approximate surface area is 222 Å². The van der Waals surface area contributed by atoms with Gasteiger partial charge in [0.15, 0.2) is 0 Å². The number of nitrogens with zero attached hydrogens (tertiary/aromatic N) is 2. The largest absolute Gasteiger partial charge is 0.497 e. The highest BCUT2D eigenvalue weighted by molar-refractivity contribution is 7.95. The minimum absolute atomic E-state index is 0.0678. The van der Waals surface area contributed by atoms with Crippen molar-refractivity contribution in [2.75, 3.05) is 20.2 Å². The van der Waals surface area contributed by atoms with Crippen LogP contribution < -0.4 is 9.46 Å². The molecular weight excluding hydrogens is 482 g/mol. The first-order valence-corrected chi connectivity index (χ1v) is 14.4. The molecule has 0 radical (unpaired) electrons. The standard InChI is InChI=1S/C30H33N3O3S/c1-36-21-9-11-22-24(15-21)25-16-30(25,18-34)17-33-26-14-20(29(35)31-37-32-12-5-13-32)8-10-23(26)27(28(22)33)19-6-3-2-4-7-19/h8-11,14-15,18-19,25H,2-7,12-13,16-17H2,1H3,(H,31,35). The second kappa shape index (κ2) is 8.91. The van der Waals surface area contributed by atoms with Crippen LogP contribution in [0, 0.1) is 5.41 Å². The number of amides is 1. The molecule has 6 nitrogen and oxygen atoms in total. The quantitative estimate of drug-likeness (QED) is 0.320. The van der Waals surface area contributed by atoms with Crippen molar-refractivity contribution >= 4 is 35.2 Å². The average molecular weight is 516 g/mol. The molecule has 3 heterocycles. The molecule has 1 saturated heterocycles. The van der Waals surface area contributed by atoms with Gasteiger partial charge in [-0.3, -0.25) is 9.52 Å². The average Bonchev–Trinajstić information content (AvgIpc) is 3.57. The van der Waals surface area contributed by atoms with Crippen LogP contribution in [0.15, 0.2) is 36.4 Å². The van der Waals surface area contributed by atoms with Crippen LogP contribution in [0.3, 0.4) is 0 Å². The van der Waals surface area contributed by atoms with E-state index in [-0.39, 0.29) is 11.8 Å². The molecule has 3 fully saturated rings. The van der Waals surface area contributed by atoms with Crippen LogP contribution in [0.2, 0.25) is 0 Å². The normalized spacial score (nSPS) is 24.8. The molecular formula is C30H33N3O3S. The van der Waals surface area contributed by atoms with E-state index < -0.39 is 5.41 Å². The number of methoxy groups -OCH3 is 1. The van der Waals surface area contributed by atoms with E-state index in [1.54, 1.807) is 7.11 Å². The zero-order chi connectivity index (χ0) is 25.1. The van der Waals surface area contributed by atoms with Gasteiger partial charge in [0.25, 0.3) is 5.91 Å². The maximum Gasteiger partial charge on any atom is 0.262 e. The number of rotatable bonds is 6. The number of aromatic nitrogens is 1. The first-order chi connectivity index (χ1) is 18.1. The monoisotopic (exact) mass is 515 g/mol. The molecule has 7 rings (SSSR count). The van der Waals surface area contributed by atoms with Crippen LogP contribution in [0.25, 0.3) is 22.2 Å². The Morgan fingerprint density at radius 3 is 2.68 bits per heavy atom. The van der Waals surface area contributed by atoms with Gasteiger partial charge in [0.1, 0.15) is 12.0 Å². The van der Waals surface area contributed by atoms with Gasteiger partial charge in [0, 0.05) is 53.8 Å². The van der Waals surface area contributed by atoms with Crippen LogP contribution in [-0.4, -0.2) is 41.3 Å². The van der Waals surface area contributed by atoms with E-state index in [9.17, 15) is 9.59 Å². The molecule has 0 spiro atoms. The molecule has 2 aliphatic heterocycles. The summed E-state index contributed by atoms with van der Waals surface area (Å²) in [4.78, 5) is 25.6. The molecule has 2 unspecified atom stereocenters. The summed E-state index contributed by atoms with van der Waals surface area (Å²) in [5.74, 6) is 1.48. The molecule has 192 valence electrons. The Hall–Kier alpha value is -2.77. The van der Waals surface area contributed by atoms with Gasteiger partial charge in [-0.25, -0.2) is 4.31 Å². The van der Waals surface area contributed by atoms with Crippen LogP contribution in [0.5, 0.6) is 5.75 Å². The lowest BCUT2D eigenvalue weighted by molar-refractivity contribution is -0.112. The summed E-state index contributed by atoms with van der Waals surface area (Å²) in [7, 11) is 1.70. The summed E-state index contributed by atoms with van der Waals surface area (Å²) in [5, 5.41) is 1.23. The summed E-state index contributed by atoms with van der Waals surface area (Å²) in [6.07, 6.45) is 9.41. The van der Waals surface area contributed by atoms with Gasteiger partial charge >= 0.3 is 0 Å². The van der Waals surface area contributed by atoms with E-state index in [0.717, 1.165) is 30.8 Å². The lowest BCUT2D eigenvalue weighted by atomic mass is 9.81. The third-order valence-electron chi connectivity index (χ3n) is 9.16. The molecule has 3 aromatic rings. The number of ether oxygens (including phenoxy) is 1. The van der Waals surface area contributed by atoms with Crippen molar-refractivity contribution < 1.29 is 14.3 Å². The van der Waals surface area contributed by atoms with Gasteiger partial charge in [0.05, 0.1) is 18.2 Å². The van der Waals surface area contributed by atoms with Crippen molar-refractivity contribution in [1.29, 1.82) is 0 Å². The zero-order valence-corrected chi connectivity index (χ0v) is 22.1. The van der Waals surface area contributed by atoms with Crippen molar-refractivity contribution in [3.63, 3.8) is 0 Å². The number of hydrogen-bond acceptors (Lipinski definition) is 5. The second-order valence-electron chi connectivity index (χ2n) is 11.3. The van der Waals surface area contributed by atoms with Gasteiger partial charge in [0.2, 0.25) is 0 Å². The minimum atomic E-state index is -0.395. The molecule has 1 N–H and O–H groups in total. The first-order valence-electron chi connectivity index (χ1n) is 13.6. The summed E-state index contributed by atoms with van der Waals surface area (Å²) < 4.78 is 13.2. The Balaban J connectivity index is 1.41. The highest BCUT2D eigenvalue weighted by Crippen LogP contribution is 2.64. The van der Waals surface area contributed by atoms with Crippen molar-refractivity contribution in [2.45, 2.75) is 63.3 Å². The fourth-order valence-corrected chi connectivity index (χ4v) is 7.64. The number of carbonyl (C=O) groups is 2. The highest BCUT2D eigenvalue weighted by Gasteiger charge is 2.58. The van der Waals surface area contributed by atoms with Crippen LogP contribution >= 0.6 is 12.1 Å². The van der Waals surface area contributed by atoms with E-state index in [0.29, 0.717) is 18.0 Å². The van der Waals surface area contributed by atoms with Crippen molar-refractivity contribution in [3.8, 4) is 17.0 Å². The van der Waals surface area contributed by atoms with E-state index in [1.807, 2.05) is 12.1 Å². The Morgan fingerprint density at radius 2 is 1.95 bits per heavy atom. The SMILES string of the molecule is COc1ccc2c(c1)C1CC1(C=O)Cn1c-2c(C2CCCCC2)c2ccc(C(=O)NSN3CCC3)cc21. The van der Waals surface area contributed by atoms with E-state index in [1.165, 1.54) is 84.7 Å². The number of fused-ring (bicyclic) bond motifs is 7. The number of carbonyl (C=O) groups excluding carboxylic acids is 2. The number of hydrogen-bond donors (Lipinski definition) is 1. The molecule has 1 amide bonds. The first kappa shape index (κ1) is 23.4. The summed E-state index contributed by atoms with van der Waals surface area (Å²) in [6.45, 7) is 2.68. The summed E-state index contributed by atoms with van der Waals surface area (Å²) in [5.41, 5.74) is 6.46. The fraction of sp³-hybridized carbons (Fsp3) is 0.467. The maximum absolute atomic E-state index is 13.1. The molecule has 1 aromatic heterocycles. The third kappa shape index (κ3) is 3.73. The molecule has 37 heavy (non-hydrogen) atoms. The number of aldehydes is 1. The van der Waals surface area contributed by atoms with E-state index in [4.69, 9.17) is 4.74 Å². The molecule has 2 saturated carbocycles. The minimum Gasteiger partial charge on any atom is -0.497 e. The Morgan fingerprint density at radius 1 is 1.11 bits per heavy atom. The number of benzene rings is 2. The molecule has 2 atom stereocenters.